The first-order valence-electron chi connectivity index (χ1n) is 10.9. The summed E-state index contributed by atoms with van der Waals surface area (Å²) in [5, 5.41) is 7.72. The zero-order valence-electron chi connectivity index (χ0n) is 18.8. The molecule has 2 heterocycles. The summed E-state index contributed by atoms with van der Waals surface area (Å²) < 4.78 is 5.87. The van der Waals surface area contributed by atoms with Gasteiger partial charge in [0.15, 0.2) is 10.9 Å². The highest BCUT2D eigenvalue weighted by Crippen LogP contribution is 2.28. The Labute approximate surface area is 196 Å². The minimum atomic E-state index is -0.294. The highest BCUT2D eigenvalue weighted by Gasteiger charge is 2.15. The number of benzene rings is 3. The van der Waals surface area contributed by atoms with Crippen LogP contribution < -0.4 is 5.32 Å². The molecular formula is C28H24N2O2S. The van der Waals surface area contributed by atoms with E-state index in [9.17, 15) is 4.79 Å². The maximum atomic E-state index is 12.7. The number of fused-ring (bicyclic) bond motifs is 1. The van der Waals surface area contributed by atoms with Crippen LogP contribution in [0.5, 0.6) is 0 Å². The number of carbonyl (C=O) groups is 1. The third kappa shape index (κ3) is 4.45. The molecule has 0 atom stereocenters. The maximum absolute atomic E-state index is 12.7. The smallest absolute Gasteiger partial charge is 0.293 e. The molecule has 1 N–H and O–H groups in total. The van der Waals surface area contributed by atoms with Crippen molar-refractivity contribution >= 4 is 33.1 Å². The van der Waals surface area contributed by atoms with E-state index in [2.05, 4.69) is 73.5 Å². The van der Waals surface area contributed by atoms with Crippen LogP contribution >= 0.6 is 11.3 Å². The number of hydrogen-bond acceptors (Lipinski definition) is 4. The van der Waals surface area contributed by atoms with Crippen LogP contribution in [0, 0.1) is 20.8 Å². The molecule has 4 nitrogen and oxygen atoms in total. The molecule has 0 saturated heterocycles. The zero-order valence-corrected chi connectivity index (χ0v) is 19.6. The number of aryl methyl sites for hydroxylation is 3. The van der Waals surface area contributed by atoms with Gasteiger partial charge in [0.1, 0.15) is 5.76 Å². The predicted molar refractivity (Wildman–Crippen MR) is 135 cm³/mol. The number of amides is 1. The van der Waals surface area contributed by atoms with Crippen LogP contribution in [-0.4, -0.2) is 10.9 Å². The summed E-state index contributed by atoms with van der Waals surface area (Å²) in [5.41, 5.74) is 6.82. The fourth-order valence-electron chi connectivity index (χ4n) is 4.23. The topological polar surface area (TPSA) is 55.1 Å². The SMILES string of the molecule is Cc1cc(C)c(Cc2ccc(C(=O)Nc3nc(-c4ccc5ccccc5c4)cs3)o2)c(C)c1. The molecule has 5 rings (SSSR count). The average molecular weight is 453 g/mol. The second-order valence-electron chi connectivity index (χ2n) is 8.37. The number of nitrogens with one attached hydrogen (secondary N) is 1. The highest BCUT2D eigenvalue weighted by atomic mass is 32.1. The van der Waals surface area contributed by atoms with Crippen molar-refractivity contribution in [2.45, 2.75) is 27.2 Å². The van der Waals surface area contributed by atoms with Crippen molar-refractivity contribution in [1.29, 1.82) is 0 Å². The predicted octanol–water partition coefficient (Wildman–Crippen LogP) is 7.32. The number of rotatable bonds is 5. The van der Waals surface area contributed by atoms with Crippen molar-refractivity contribution in [3.8, 4) is 11.3 Å². The lowest BCUT2D eigenvalue weighted by atomic mass is 9.97. The summed E-state index contributed by atoms with van der Waals surface area (Å²) in [6.45, 7) is 6.33. The van der Waals surface area contributed by atoms with Gasteiger partial charge in [0.2, 0.25) is 0 Å². The van der Waals surface area contributed by atoms with Gasteiger partial charge in [-0.05, 0) is 66.4 Å². The summed E-state index contributed by atoms with van der Waals surface area (Å²) in [6.07, 6.45) is 0.661. The first-order chi connectivity index (χ1) is 16.0. The van der Waals surface area contributed by atoms with Crippen molar-refractivity contribution < 1.29 is 9.21 Å². The van der Waals surface area contributed by atoms with Gasteiger partial charge in [0, 0.05) is 17.4 Å². The highest BCUT2D eigenvalue weighted by molar-refractivity contribution is 7.14. The molecule has 0 bridgehead atoms. The first kappa shape index (κ1) is 21.2. The van der Waals surface area contributed by atoms with Crippen molar-refractivity contribution in [3.05, 3.63) is 106 Å². The van der Waals surface area contributed by atoms with E-state index in [0.29, 0.717) is 11.6 Å². The Balaban J connectivity index is 1.30. The molecule has 0 fully saturated rings. The quantitative estimate of drug-likeness (QED) is 0.304. The van der Waals surface area contributed by atoms with Gasteiger partial charge < -0.3 is 4.42 Å². The molecule has 0 radical (unpaired) electrons. The average Bonchev–Trinajstić information content (AvgIpc) is 3.46. The first-order valence-corrected chi connectivity index (χ1v) is 11.8. The number of thiazole rings is 1. The Hall–Kier alpha value is -3.70. The third-order valence-corrected chi connectivity index (χ3v) is 6.60. The molecule has 164 valence electrons. The summed E-state index contributed by atoms with van der Waals surface area (Å²) in [5.74, 6) is 0.763. The standard InChI is InChI=1S/C28H24N2O2S/c1-17-12-18(2)24(19(3)13-17)15-23-10-11-26(32-23)27(31)30-28-29-25(16-33-28)22-9-8-20-6-4-5-7-21(20)14-22/h4-14,16H,15H2,1-3H3,(H,29,30,31). The molecule has 0 unspecified atom stereocenters. The maximum Gasteiger partial charge on any atom is 0.293 e. The molecule has 0 aliphatic carbocycles. The van der Waals surface area contributed by atoms with Gasteiger partial charge in [0.05, 0.1) is 5.69 Å². The normalized spacial score (nSPS) is 11.1. The van der Waals surface area contributed by atoms with E-state index >= 15 is 0 Å². The number of aromatic nitrogens is 1. The lowest BCUT2D eigenvalue weighted by Crippen LogP contribution is -2.10. The fourth-order valence-corrected chi connectivity index (χ4v) is 4.94. The Morgan fingerprint density at radius 2 is 1.70 bits per heavy atom. The molecule has 3 aromatic carbocycles. The lowest BCUT2D eigenvalue weighted by molar-refractivity contribution is 0.0995. The monoisotopic (exact) mass is 452 g/mol. The summed E-state index contributed by atoms with van der Waals surface area (Å²) in [4.78, 5) is 17.3. The van der Waals surface area contributed by atoms with Crippen LogP contribution in [0.2, 0.25) is 0 Å². The van der Waals surface area contributed by atoms with Crippen molar-refractivity contribution in [1.82, 2.24) is 4.98 Å². The Morgan fingerprint density at radius 1 is 0.939 bits per heavy atom. The largest absolute Gasteiger partial charge is 0.456 e. The molecule has 0 aliphatic heterocycles. The van der Waals surface area contributed by atoms with E-state index in [1.807, 2.05) is 23.6 Å². The van der Waals surface area contributed by atoms with Crippen LogP contribution in [0.25, 0.3) is 22.0 Å². The fraction of sp³-hybridized carbons (Fsp3) is 0.143. The van der Waals surface area contributed by atoms with Crippen LogP contribution in [0.1, 0.15) is 38.6 Å². The minimum absolute atomic E-state index is 0.287. The molecule has 5 heteroatoms. The lowest BCUT2D eigenvalue weighted by Gasteiger charge is -2.09. The van der Waals surface area contributed by atoms with Gasteiger partial charge in [-0.15, -0.1) is 11.3 Å². The summed E-state index contributed by atoms with van der Waals surface area (Å²) in [7, 11) is 0. The van der Waals surface area contributed by atoms with Gasteiger partial charge in [-0.25, -0.2) is 4.98 Å². The minimum Gasteiger partial charge on any atom is -0.456 e. The zero-order chi connectivity index (χ0) is 22.9. The van der Waals surface area contributed by atoms with E-state index in [-0.39, 0.29) is 11.7 Å². The van der Waals surface area contributed by atoms with E-state index in [4.69, 9.17) is 4.42 Å². The Bertz CT molecular complexity index is 1460. The number of anilines is 1. The second-order valence-corrected chi connectivity index (χ2v) is 9.23. The Kier molecular flexibility index (Phi) is 5.56. The van der Waals surface area contributed by atoms with Crippen molar-refractivity contribution in [2.24, 2.45) is 0 Å². The van der Waals surface area contributed by atoms with Gasteiger partial charge in [0.25, 0.3) is 5.91 Å². The number of carbonyl (C=O) groups excluding carboxylic acids is 1. The van der Waals surface area contributed by atoms with E-state index in [0.717, 1.165) is 22.4 Å². The van der Waals surface area contributed by atoms with Crippen molar-refractivity contribution in [3.63, 3.8) is 0 Å². The summed E-state index contributed by atoms with van der Waals surface area (Å²) in [6, 6.07) is 22.4. The molecule has 0 spiro atoms. The molecule has 0 aliphatic rings. The summed E-state index contributed by atoms with van der Waals surface area (Å²) >= 11 is 1.40. The van der Waals surface area contributed by atoms with E-state index in [1.54, 1.807) is 6.07 Å². The molecular weight excluding hydrogens is 428 g/mol. The number of nitrogens with zero attached hydrogens (tertiary/aromatic N) is 1. The van der Waals surface area contributed by atoms with Gasteiger partial charge in [-0.2, -0.15) is 0 Å². The number of hydrogen-bond donors (Lipinski definition) is 1. The molecule has 1 amide bonds. The molecule has 5 aromatic rings. The molecule has 0 saturated carbocycles. The second kappa shape index (κ2) is 8.68. The van der Waals surface area contributed by atoms with Crippen LogP contribution in [0.3, 0.4) is 0 Å². The van der Waals surface area contributed by atoms with Crippen molar-refractivity contribution in [2.75, 3.05) is 5.32 Å². The number of furan rings is 1. The van der Waals surface area contributed by atoms with Crippen LogP contribution in [0.15, 0.2) is 76.5 Å². The van der Waals surface area contributed by atoms with E-state index in [1.165, 1.54) is 39.0 Å². The van der Waals surface area contributed by atoms with Gasteiger partial charge in [-0.1, -0.05) is 54.1 Å². The third-order valence-electron chi connectivity index (χ3n) is 5.85. The Morgan fingerprint density at radius 3 is 2.48 bits per heavy atom. The van der Waals surface area contributed by atoms with Crippen LogP contribution in [0.4, 0.5) is 5.13 Å². The van der Waals surface area contributed by atoms with E-state index < -0.39 is 0 Å². The van der Waals surface area contributed by atoms with Gasteiger partial charge >= 0.3 is 0 Å². The molecule has 33 heavy (non-hydrogen) atoms. The van der Waals surface area contributed by atoms with Crippen LogP contribution in [-0.2, 0) is 6.42 Å². The van der Waals surface area contributed by atoms with Gasteiger partial charge in [-0.3, -0.25) is 10.1 Å². The molecule has 2 aromatic heterocycles.